The summed E-state index contributed by atoms with van der Waals surface area (Å²) < 4.78 is 15.9. The van der Waals surface area contributed by atoms with Gasteiger partial charge in [0.25, 0.3) is 11.7 Å². The monoisotopic (exact) mass is 397 g/mol. The first-order valence-electron chi connectivity index (χ1n) is 9.08. The van der Waals surface area contributed by atoms with Crippen LogP contribution in [0, 0.1) is 0 Å². The van der Waals surface area contributed by atoms with Crippen LogP contribution in [0.15, 0.2) is 54.1 Å². The van der Waals surface area contributed by atoms with Gasteiger partial charge < -0.3 is 24.2 Å². The van der Waals surface area contributed by atoms with E-state index < -0.39 is 17.7 Å². The second-order valence-corrected chi connectivity index (χ2v) is 6.46. The number of benzene rings is 2. The molecule has 1 atom stereocenters. The molecule has 0 saturated carbocycles. The summed E-state index contributed by atoms with van der Waals surface area (Å²) in [5.74, 6) is -0.678. The van der Waals surface area contributed by atoms with E-state index in [9.17, 15) is 14.7 Å². The molecule has 7 nitrogen and oxygen atoms in total. The standard InChI is InChI=1S/C22H23NO6/c1-27-12-11-23-19(16-13-15(28-2)9-10-17(16)29-3)18(21(25)22(23)26)20(24)14-7-5-4-6-8-14/h4-10,13,19,24H,11-12H2,1-3H3. The number of likely N-dealkylation sites (tertiary alicyclic amines) is 1. The molecule has 2 aromatic rings. The molecule has 1 aliphatic rings. The Kier molecular flexibility index (Phi) is 6.19. The van der Waals surface area contributed by atoms with Crippen molar-refractivity contribution in [3.63, 3.8) is 0 Å². The normalized spacial score (nSPS) is 18.2. The highest BCUT2D eigenvalue weighted by atomic mass is 16.5. The fourth-order valence-electron chi connectivity index (χ4n) is 3.43. The van der Waals surface area contributed by atoms with Crippen molar-refractivity contribution in [2.75, 3.05) is 34.5 Å². The van der Waals surface area contributed by atoms with Gasteiger partial charge in [-0.2, -0.15) is 0 Å². The zero-order chi connectivity index (χ0) is 21.0. The van der Waals surface area contributed by atoms with Crippen LogP contribution in [0.1, 0.15) is 17.2 Å². The van der Waals surface area contributed by atoms with Gasteiger partial charge >= 0.3 is 0 Å². The third-order valence-electron chi connectivity index (χ3n) is 4.85. The SMILES string of the molecule is COCCN1C(=O)C(=O)C(=C(O)c2ccccc2)C1c1cc(OC)ccc1OC. The van der Waals surface area contributed by atoms with Gasteiger partial charge in [-0.05, 0) is 18.2 Å². The number of Topliss-reactive ketones (excluding diaryl/α,β-unsaturated/α-hetero) is 1. The van der Waals surface area contributed by atoms with Gasteiger partial charge in [-0.25, -0.2) is 0 Å². The second-order valence-electron chi connectivity index (χ2n) is 6.46. The molecule has 1 N–H and O–H groups in total. The van der Waals surface area contributed by atoms with E-state index in [-0.39, 0.29) is 24.5 Å². The van der Waals surface area contributed by atoms with E-state index in [4.69, 9.17) is 14.2 Å². The molecule has 0 radical (unpaired) electrons. The van der Waals surface area contributed by atoms with Crippen LogP contribution in [0.5, 0.6) is 11.5 Å². The number of hydrogen-bond donors (Lipinski definition) is 1. The van der Waals surface area contributed by atoms with Crippen LogP contribution in [-0.4, -0.2) is 56.2 Å². The van der Waals surface area contributed by atoms with E-state index in [1.54, 1.807) is 48.5 Å². The van der Waals surface area contributed by atoms with Crippen molar-refractivity contribution in [1.82, 2.24) is 4.90 Å². The topological polar surface area (TPSA) is 85.3 Å². The molecular formula is C22H23NO6. The summed E-state index contributed by atoms with van der Waals surface area (Å²) in [5, 5.41) is 11.0. The summed E-state index contributed by atoms with van der Waals surface area (Å²) in [7, 11) is 4.54. The van der Waals surface area contributed by atoms with Gasteiger partial charge in [0.15, 0.2) is 0 Å². The van der Waals surface area contributed by atoms with E-state index in [2.05, 4.69) is 0 Å². The maximum absolute atomic E-state index is 12.9. The van der Waals surface area contributed by atoms with Crippen LogP contribution in [0.25, 0.3) is 5.76 Å². The molecular weight excluding hydrogens is 374 g/mol. The van der Waals surface area contributed by atoms with E-state index in [0.717, 1.165) is 0 Å². The smallest absolute Gasteiger partial charge is 0.295 e. The minimum absolute atomic E-state index is 0.00357. The zero-order valence-corrected chi connectivity index (χ0v) is 16.5. The summed E-state index contributed by atoms with van der Waals surface area (Å²) in [6, 6.07) is 12.9. The van der Waals surface area contributed by atoms with Crippen LogP contribution in [-0.2, 0) is 14.3 Å². The summed E-state index contributed by atoms with van der Waals surface area (Å²) >= 11 is 0. The summed E-state index contributed by atoms with van der Waals surface area (Å²) in [6.07, 6.45) is 0. The number of aliphatic hydroxyl groups is 1. The van der Waals surface area contributed by atoms with Crippen molar-refractivity contribution in [3.8, 4) is 11.5 Å². The van der Waals surface area contributed by atoms with Crippen molar-refractivity contribution in [2.24, 2.45) is 0 Å². The molecule has 29 heavy (non-hydrogen) atoms. The molecule has 0 bridgehead atoms. The molecule has 1 amide bonds. The van der Waals surface area contributed by atoms with Crippen molar-refractivity contribution < 1.29 is 28.9 Å². The number of carbonyl (C=O) groups is 2. The average molecular weight is 397 g/mol. The molecule has 152 valence electrons. The Hall–Kier alpha value is -3.32. The fraction of sp³-hybridized carbons (Fsp3) is 0.273. The highest BCUT2D eigenvalue weighted by Gasteiger charge is 2.47. The van der Waals surface area contributed by atoms with Gasteiger partial charge in [0, 0.05) is 24.8 Å². The molecule has 1 fully saturated rings. The molecule has 0 spiro atoms. The first-order chi connectivity index (χ1) is 14.0. The Morgan fingerprint density at radius 3 is 2.38 bits per heavy atom. The third-order valence-corrected chi connectivity index (χ3v) is 4.85. The van der Waals surface area contributed by atoms with Crippen molar-refractivity contribution in [2.45, 2.75) is 6.04 Å². The lowest BCUT2D eigenvalue weighted by molar-refractivity contribution is -0.140. The molecule has 0 aromatic heterocycles. The summed E-state index contributed by atoms with van der Waals surface area (Å²) in [6.45, 7) is 0.416. The fourth-order valence-corrected chi connectivity index (χ4v) is 3.43. The number of carbonyl (C=O) groups excluding carboxylic acids is 2. The number of methoxy groups -OCH3 is 3. The Bertz CT molecular complexity index is 938. The maximum atomic E-state index is 12.9. The van der Waals surface area contributed by atoms with E-state index in [0.29, 0.717) is 22.6 Å². The van der Waals surface area contributed by atoms with Gasteiger partial charge in [-0.3, -0.25) is 9.59 Å². The first kappa shape index (κ1) is 20.4. The number of ketones is 1. The van der Waals surface area contributed by atoms with Crippen LogP contribution in [0.4, 0.5) is 0 Å². The minimum Gasteiger partial charge on any atom is -0.507 e. The van der Waals surface area contributed by atoms with Crippen molar-refractivity contribution in [1.29, 1.82) is 0 Å². The number of ether oxygens (including phenoxy) is 3. The minimum atomic E-state index is -0.838. The molecule has 1 unspecified atom stereocenters. The lowest BCUT2D eigenvalue weighted by Crippen LogP contribution is -2.32. The summed E-state index contributed by atoms with van der Waals surface area (Å²) in [4.78, 5) is 27.1. The van der Waals surface area contributed by atoms with Gasteiger partial charge in [0.05, 0.1) is 32.4 Å². The molecule has 3 rings (SSSR count). The number of aliphatic hydroxyl groups excluding tert-OH is 1. The third kappa shape index (κ3) is 3.82. The van der Waals surface area contributed by atoms with Gasteiger partial charge in [0.2, 0.25) is 0 Å². The molecule has 1 saturated heterocycles. The van der Waals surface area contributed by atoms with Gasteiger partial charge in [-0.15, -0.1) is 0 Å². The number of nitrogens with zero attached hydrogens (tertiary/aromatic N) is 1. The van der Waals surface area contributed by atoms with Crippen molar-refractivity contribution in [3.05, 3.63) is 65.2 Å². The largest absolute Gasteiger partial charge is 0.507 e. The number of rotatable bonds is 7. The molecule has 1 heterocycles. The highest BCUT2D eigenvalue weighted by Crippen LogP contribution is 2.43. The Balaban J connectivity index is 2.24. The van der Waals surface area contributed by atoms with Crippen LogP contribution in [0.3, 0.4) is 0 Å². The second kappa shape index (κ2) is 8.79. The van der Waals surface area contributed by atoms with Gasteiger partial charge in [0.1, 0.15) is 17.3 Å². The van der Waals surface area contributed by atoms with Crippen LogP contribution >= 0.6 is 0 Å². The van der Waals surface area contributed by atoms with Crippen LogP contribution < -0.4 is 9.47 Å². The first-order valence-corrected chi connectivity index (χ1v) is 9.08. The predicted octanol–water partition coefficient (Wildman–Crippen LogP) is 2.77. The van der Waals surface area contributed by atoms with E-state index in [1.807, 2.05) is 0 Å². The van der Waals surface area contributed by atoms with Crippen LogP contribution in [0.2, 0.25) is 0 Å². The quantitative estimate of drug-likeness (QED) is 0.439. The Labute approximate surface area is 169 Å². The average Bonchev–Trinajstić information content (AvgIpc) is 3.01. The van der Waals surface area contributed by atoms with E-state index in [1.165, 1.54) is 26.2 Å². The predicted molar refractivity (Wildman–Crippen MR) is 107 cm³/mol. The van der Waals surface area contributed by atoms with Gasteiger partial charge in [-0.1, -0.05) is 30.3 Å². The zero-order valence-electron chi connectivity index (χ0n) is 16.5. The molecule has 7 heteroatoms. The van der Waals surface area contributed by atoms with Crippen molar-refractivity contribution >= 4 is 17.4 Å². The Morgan fingerprint density at radius 1 is 1.03 bits per heavy atom. The summed E-state index contributed by atoms with van der Waals surface area (Å²) in [5.41, 5.74) is 0.993. The Morgan fingerprint density at radius 2 is 1.76 bits per heavy atom. The molecule has 0 aliphatic carbocycles. The number of amides is 1. The lowest BCUT2D eigenvalue weighted by atomic mass is 9.94. The molecule has 1 aliphatic heterocycles. The maximum Gasteiger partial charge on any atom is 0.295 e. The molecule has 2 aromatic carbocycles. The van der Waals surface area contributed by atoms with E-state index >= 15 is 0 Å². The highest BCUT2D eigenvalue weighted by molar-refractivity contribution is 6.46. The number of hydrogen-bond acceptors (Lipinski definition) is 6. The lowest BCUT2D eigenvalue weighted by Gasteiger charge is -2.26.